The molecular weight excluding hydrogens is 254 g/mol. The van der Waals surface area contributed by atoms with Crippen molar-refractivity contribution in [3.8, 4) is 5.75 Å². The zero-order valence-electron chi connectivity index (χ0n) is 11.4. The Bertz CT molecular complexity index is 530. The van der Waals surface area contributed by atoms with Crippen LogP contribution in [0.3, 0.4) is 0 Å². The molecule has 0 saturated carbocycles. The van der Waals surface area contributed by atoms with Crippen molar-refractivity contribution in [1.29, 1.82) is 0 Å². The number of carboxylic acid groups (broad SMARTS) is 1. The molecular formula is C16H19NO3. The van der Waals surface area contributed by atoms with E-state index in [0.717, 1.165) is 37.2 Å². The third kappa shape index (κ3) is 2.70. The molecule has 0 aromatic heterocycles. The minimum Gasteiger partial charge on any atom is -0.482 e. The summed E-state index contributed by atoms with van der Waals surface area (Å²) < 4.78 is 6.20. The van der Waals surface area contributed by atoms with Crippen LogP contribution in [0.4, 0.5) is 0 Å². The Morgan fingerprint density at radius 3 is 2.80 bits per heavy atom. The van der Waals surface area contributed by atoms with E-state index >= 15 is 0 Å². The molecule has 1 fully saturated rings. The Hall–Kier alpha value is -1.81. The van der Waals surface area contributed by atoms with Crippen LogP contribution >= 0.6 is 0 Å². The van der Waals surface area contributed by atoms with E-state index in [1.54, 1.807) is 0 Å². The molecule has 1 aromatic rings. The van der Waals surface area contributed by atoms with Crippen LogP contribution in [0.1, 0.15) is 24.8 Å². The molecule has 0 unspecified atom stereocenters. The SMILES string of the molecule is O=C(O)CCN1CCC2(C=Cc3ccccc3O2)CC1. The number of likely N-dealkylation sites (tertiary alicyclic amines) is 1. The Balaban J connectivity index is 1.63. The highest BCUT2D eigenvalue weighted by molar-refractivity contribution is 5.66. The van der Waals surface area contributed by atoms with E-state index in [0.29, 0.717) is 6.54 Å². The Labute approximate surface area is 118 Å². The number of ether oxygens (including phenoxy) is 1. The van der Waals surface area contributed by atoms with Gasteiger partial charge in [0.25, 0.3) is 0 Å². The second kappa shape index (κ2) is 5.29. The molecule has 106 valence electrons. The van der Waals surface area contributed by atoms with E-state index in [1.807, 2.05) is 18.2 Å². The number of aliphatic carboxylic acids is 1. The van der Waals surface area contributed by atoms with Crippen molar-refractivity contribution in [2.45, 2.75) is 24.9 Å². The number of fused-ring (bicyclic) bond motifs is 1. The molecule has 0 amide bonds. The molecule has 1 saturated heterocycles. The lowest BCUT2D eigenvalue weighted by Gasteiger charge is -2.41. The lowest BCUT2D eigenvalue weighted by Crippen LogP contribution is -2.48. The number of nitrogens with zero attached hydrogens (tertiary/aromatic N) is 1. The topological polar surface area (TPSA) is 49.8 Å². The van der Waals surface area contributed by atoms with E-state index < -0.39 is 5.97 Å². The summed E-state index contributed by atoms with van der Waals surface area (Å²) in [5, 5.41) is 8.73. The van der Waals surface area contributed by atoms with Gasteiger partial charge in [-0.25, -0.2) is 0 Å². The van der Waals surface area contributed by atoms with Crippen LogP contribution < -0.4 is 4.74 Å². The van der Waals surface area contributed by atoms with Gasteiger partial charge >= 0.3 is 5.97 Å². The predicted molar refractivity (Wildman–Crippen MR) is 76.8 cm³/mol. The first-order valence-electron chi connectivity index (χ1n) is 7.08. The molecule has 3 rings (SSSR count). The van der Waals surface area contributed by atoms with E-state index in [2.05, 4.69) is 23.1 Å². The van der Waals surface area contributed by atoms with Crippen LogP contribution in [-0.2, 0) is 4.79 Å². The van der Waals surface area contributed by atoms with Gasteiger partial charge in [-0.15, -0.1) is 0 Å². The average molecular weight is 273 g/mol. The van der Waals surface area contributed by atoms with E-state index in [9.17, 15) is 4.79 Å². The van der Waals surface area contributed by atoms with Gasteiger partial charge < -0.3 is 14.7 Å². The average Bonchev–Trinajstić information content (AvgIpc) is 2.47. The molecule has 1 N–H and O–H groups in total. The summed E-state index contributed by atoms with van der Waals surface area (Å²) in [6, 6.07) is 8.07. The van der Waals surface area contributed by atoms with Crippen LogP contribution in [0.5, 0.6) is 5.75 Å². The summed E-state index contributed by atoms with van der Waals surface area (Å²) >= 11 is 0. The number of carboxylic acids is 1. The van der Waals surface area contributed by atoms with Gasteiger partial charge in [0.15, 0.2) is 0 Å². The van der Waals surface area contributed by atoms with Crippen LogP contribution in [-0.4, -0.2) is 41.2 Å². The summed E-state index contributed by atoms with van der Waals surface area (Å²) in [5.74, 6) is 0.224. The van der Waals surface area contributed by atoms with Gasteiger partial charge in [0.1, 0.15) is 11.4 Å². The summed E-state index contributed by atoms with van der Waals surface area (Å²) in [7, 11) is 0. The first-order chi connectivity index (χ1) is 9.67. The highest BCUT2D eigenvalue weighted by Crippen LogP contribution is 2.36. The predicted octanol–water partition coefficient (Wildman–Crippen LogP) is 2.40. The molecule has 2 aliphatic heterocycles. The summed E-state index contributed by atoms with van der Waals surface area (Å²) in [6.45, 7) is 2.41. The zero-order valence-corrected chi connectivity index (χ0v) is 11.4. The maximum Gasteiger partial charge on any atom is 0.304 e. The molecule has 0 radical (unpaired) electrons. The molecule has 20 heavy (non-hydrogen) atoms. The van der Waals surface area contributed by atoms with Crippen molar-refractivity contribution in [1.82, 2.24) is 4.90 Å². The maximum absolute atomic E-state index is 10.6. The normalized spacial score (nSPS) is 20.4. The molecule has 1 aromatic carbocycles. The molecule has 4 heteroatoms. The highest BCUT2D eigenvalue weighted by atomic mass is 16.5. The molecule has 0 aliphatic carbocycles. The highest BCUT2D eigenvalue weighted by Gasteiger charge is 2.36. The second-order valence-electron chi connectivity index (χ2n) is 5.52. The third-order valence-electron chi connectivity index (χ3n) is 4.14. The summed E-state index contributed by atoms with van der Waals surface area (Å²) in [4.78, 5) is 12.8. The van der Waals surface area contributed by atoms with Crippen molar-refractivity contribution >= 4 is 12.0 Å². The number of hydrogen-bond donors (Lipinski definition) is 1. The quantitative estimate of drug-likeness (QED) is 0.918. The minimum atomic E-state index is -0.729. The van der Waals surface area contributed by atoms with Gasteiger partial charge in [0.2, 0.25) is 0 Å². The largest absolute Gasteiger partial charge is 0.482 e. The Morgan fingerprint density at radius 2 is 2.05 bits per heavy atom. The van der Waals surface area contributed by atoms with E-state index in [1.165, 1.54) is 0 Å². The van der Waals surface area contributed by atoms with E-state index in [-0.39, 0.29) is 12.0 Å². The van der Waals surface area contributed by atoms with Crippen molar-refractivity contribution < 1.29 is 14.6 Å². The monoisotopic (exact) mass is 273 g/mol. The smallest absolute Gasteiger partial charge is 0.304 e. The standard InChI is InChI=1S/C16H19NO3/c18-15(19)6-10-17-11-8-16(9-12-17)7-5-13-3-1-2-4-14(13)20-16/h1-5,7H,6,8-12H2,(H,18,19). The van der Waals surface area contributed by atoms with Crippen molar-refractivity contribution in [2.75, 3.05) is 19.6 Å². The number of para-hydroxylation sites is 1. The third-order valence-corrected chi connectivity index (χ3v) is 4.14. The minimum absolute atomic E-state index is 0.200. The Kier molecular flexibility index (Phi) is 3.49. The van der Waals surface area contributed by atoms with Crippen LogP contribution in [0.15, 0.2) is 30.3 Å². The van der Waals surface area contributed by atoms with Crippen LogP contribution in [0.25, 0.3) is 6.08 Å². The van der Waals surface area contributed by atoms with Gasteiger partial charge in [0.05, 0.1) is 6.42 Å². The summed E-state index contributed by atoms with van der Waals surface area (Å²) in [6.07, 6.45) is 6.36. The lowest BCUT2D eigenvalue weighted by atomic mass is 9.88. The Morgan fingerprint density at radius 1 is 1.30 bits per heavy atom. The van der Waals surface area contributed by atoms with Gasteiger partial charge in [-0.1, -0.05) is 24.3 Å². The van der Waals surface area contributed by atoms with E-state index in [4.69, 9.17) is 9.84 Å². The van der Waals surface area contributed by atoms with Gasteiger partial charge in [-0.2, -0.15) is 0 Å². The number of piperidine rings is 1. The first kappa shape index (κ1) is 13.2. The van der Waals surface area contributed by atoms with Gasteiger partial charge in [-0.3, -0.25) is 4.79 Å². The maximum atomic E-state index is 10.6. The van der Waals surface area contributed by atoms with Crippen molar-refractivity contribution in [3.63, 3.8) is 0 Å². The van der Waals surface area contributed by atoms with Crippen molar-refractivity contribution in [3.05, 3.63) is 35.9 Å². The fourth-order valence-corrected chi connectivity index (χ4v) is 2.88. The molecule has 4 nitrogen and oxygen atoms in total. The fourth-order valence-electron chi connectivity index (χ4n) is 2.88. The molecule has 2 heterocycles. The molecule has 1 spiro atoms. The summed E-state index contributed by atoms with van der Waals surface area (Å²) in [5.41, 5.74) is 0.931. The van der Waals surface area contributed by atoms with Gasteiger partial charge in [-0.05, 0) is 12.1 Å². The van der Waals surface area contributed by atoms with Crippen LogP contribution in [0.2, 0.25) is 0 Å². The first-order valence-corrected chi connectivity index (χ1v) is 7.08. The second-order valence-corrected chi connectivity index (χ2v) is 5.52. The number of benzene rings is 1. The molecule has 2 aliphatic rings. The molecule has 0 bridgehead atoms. The van der Waals surface area contributed by atoms with Crippen LogP contribution in [0, 0.1) is 0 Å². The number of rotatable bonds is 3. The number of carbonyl (C=O) groups is 1. The lowest BCUT2D eigenvalue weighted by molar-refractivity contribution is -0.137. The molecule has 0 atom stereocenters. The van der Waals surface area contributed by atoms with Gasteiger partial charge in [0, 0.05) is 38.0 Å². The van der Waals surface area contributed by atoms with Crippen molar-refractivity contribution in [2.24, 2.45) is 0 Å². The number of hydrogen-bond acceptors (Lipinski definition) is 3. The fraction of sp³-hybridized carbons (Fsp3) is 0.438. The zero-order chi connectivity index (χ0) is 14.0.